The number of hydrogen-bond donors (Lipinski definition) is 0. The Kier molecular flexibility index (Phi) is 17.4. The van der Waals surface area contributed by atoms with Crippen molar-refractivity contribution >= 4 is 12.9 Å². The van der Waals surface area contributed by atoms with E-state index in [1.807, 2.05) is 30.3 Å². The van der Waals surface area contributed by atoms with Crippen molar-refractivity contribution in [3.05, 3.63) is 30.3 Å². The predicted octanol–water partition coefficient (Wildman–Crippen LogP) is 8.82. The van der Waals surface area contributed by atoms with Gasteiger partial charge >= 0.3 is 7.60 Å². The van der Waals surface area contributed by atoms with Crippen LogP contribution < -0.4 is 5.30 Å². The summed E-state index contributed by atoms with van der Waals surface area (Å²) in [5, 5.41) is 0.683. The Morgan fingerprint density at radius 1 is 0.567 bits per heavy atom. The van der Waals surface area contributed by atoms with Crippen LogP contribution in [0.3, 0.4) is 0 Å². The summed E-state index contributed by atoms with van der Waals surface area (Å²) in [6, 6.07) is 9.46. The minimum atomic E-state index is -3.21. The molecule has 3 nitrogen and oxygen atoms in total. The van der Waals surface area contributed by atoms with E-state index in [0.717, 1.165) is 25.7 Å². The molecular weight excluding hydrogens is 391 g/mol. The normalized spacial score (nSPS) is 13.4. The van der Waals surface area contributed by atoms with Crippen molar-refractivity contribution in [2.75, 3.05) is 13.2 Å². The van der Waals surface area contributed by atoms with Crippen molar-refractivity contribution in [3.8, 4) is 0 Å². The zero-order valence-corrected chi connectivity index (χ0v) is 20.7. The lowest BCUT2D eigenvalue weighted by Gasteiger charge is -2.19. The summed E-state index contributed by atoms with van der Waals surface area (Å²) in [4.78, 5) is 0. The van der Waals surface area contributed by atoms with Crippen LogP contribution in [0.1, 0.15) is 117 Å². The largest absolute Gasteiger partial charge is 0.361 e. The van der Waals surface area contributed by atoms with Crippen LogP contribution in [0.5, 0.6) is 0 Å². The number of unbranched alkanes of at least 4 members (excludes halogenated alkanes) is 14. The van der Waals surface area contributed by atoms with Gasteiger partial charge in [0.2, 0.25) is 0 Å². The Labute approximate surface area is 186 Å². The predicted molar refractivity (Wildman–Crippen MR) is 131 cm³/mol. The summed E-state index contributed by atoms with van der Waals surface area (Å²) in [5.74, 6) is 0. The molecular formula is C26H47O3P. The molecule has 0 saturated heterocycles. The van der Waals surface area contributed by atoms with Crippen LogP contribution in [-0.4, -0.2) is 13.2 Å². The highest BCUT2D eigenvalue weighted by Crippen LogP contribution is 2.47. The molecule has 0 amide bonds. The lowest BCUT2D eigenvalue weighted by atomic mass is 10.1. The van der Waals surface area contributed by atoms with Gasteiger partial charge in [-0.25, -0.2) is 0 Å². The van der Waals surface area contributed by atoms with Crippen molar-refractivity contribution in [2.24, 2.45) is 0 Å². The highest BCUT2D eigenvalue weighted by Gasteiger charge is 2.27. The molecule has 0 spiro atoms. The van der Waals surface area contributed by atoms with Gasteiger partial charge in [0.05, 0.1) is 18.5 Å². The maximum Gasteiger partial charge on any atom is 0.361 e. The first-order valence-corrected chi connectivity index (χ1v) is 14.2. The topological polar surface area (TPSA) is 35.5 Å². The third kappa shape index (κ3) is 13.6. The summed E-state index contributed by atoms with van der Waals surface area (Å²) in [6.07, 6.45) is 19.9. The van der Waals surface area contributed by atoms with Crippen molar-refractivity contribution in [3.63, 3.8) is 0 Å². The molecule has 0 bridgehead atoms. The quantitative estimate of drug-likeness (QED) is 0.142. The van der Waals surface area contributed by atoms with Gasteiger partial charge in [0, 0.05) is 0 Å². The van der Waals surface area contributed by atoms with Crippen LogP contribution in [0, 0.1) is 0 Å². The average Bonchev–Trinajstić information content (AvgIpc) is 2.77. The zero-order chi connectivity index (χ0) is 21.8. The molecule has 1 rings (SSSR count). The molecule has 1 atom stereocenters. The van der Waals surface area contributed by atoms with Gasteiger partial charge in [-0.3, -0.25) is 4.57 Å². The molecule has 0 saturated carbocycles. The van der Waals surface area contributed by atoms with Crippen LogP contribution in [0.25, 0.3) is 0 Å². The number of benzene rings is 1. The molecule has 0 aliphatic heterocycles. The standard InChI is InChI=1S/C26H47O3P/c1-3-5-7-9-11-12-13-14-16-21-25-29-30(27,26-22-18-17-19-23-26)28-24-20-15-10-8-6-4-2/h17-19,22-23H,3-16,20-21,24-25H2,1-2H3. The van der Waals surface area contributed by atoms with Crippen molar-refractivity contribution < 1.29 is 13.6 Å². The fraction of sp³-hybridized carbons (Fsp3) is 0.769. The molecule has 4 heteroatoms. The lowest BCUT2D eigenvalue weighted by molar-refractivity contribution is 0.206. The Bertz CT molecular complexity index is 532. The number of rotatable bonds is 21. The van der Waals surface area contributed by atoms with Crippen LogP contribution >= 0.6 is 7.60 Å². The molecule has 0 radical (unpaired) electrons. The first kappa shape index (κ1) is 27.4. The maximum absolute atomic E-state index is 13.4. The van der Waals surface area contributed by atoms with Crippen molar-refractivity contribution in [2.45, 2.75) is 117 Å². The van der Waals surface area contributed by atoms with E-state index in [4.69, 9.17) is 9.05 Å². The van der Waals surface area contributed by atoms with Gasteiger partial charge in [-0.15, -0.1) is 0 Å². The molecule has 30 heavy (non-hydrogen) atoms. The second-order valence-electron chi connectivity index (χ2n) is 8.45. The number of hydrogen-bond acceptors (Lipinski definition) is 3. The van der Waals surface area contributed by atoms with Crippen molar-refractivity contribution in [1.82, 2.24) is 0 Å². The monoisotopic (exact) mass is 438 g/mol. The summed E-state index contributed by atoms with van der Waals surface area (Å²) in [7, 11) is -3.21. The van der Waals surface area contributed by atoms with E-state index in [2.05, 4.69) is 13.8 Å². The lowest BCUT2D eigenvalue weighted by Crippen LogP contribution is -2.11. The van der Waals surface area contributed by atoms with E-state index in [0.29, 0.717) is 18.5 Å². The highest BCUT2D eigenvalue weighted by molar-refractivity contribution is 7.62. The van der Waals surface area contributed by atoms with Gasteiger partial charge in [-0.1, -0.05) is 122 Å². The van der Waals surface area contributed by atoms with Gasteiger partial charge in [0.25, 0.3) is 0 Å². The van der Waals surface area contributed by atoms with E-state index in [1.165, 1.54) is 77.0 Å². The molecule has 0 heterocycles. The zero-order valence-electron chi connectivity index (χ0n) is 19.8. The summed E-state index contributed by atoms with van der Waals surface area (Å²) < 4.78 is 25.1. The third-order valence-electron chi connectivity index (χ3n) is 5.59. The molecule has 174 valence electrons. The van der Waals surface area contributed by atoms with Crippen LogP contribution in [-0.2, 0) is 13.6 Å². The van der Waals surface area contributed by atoms with Gasteiger partial charge in [0.1, 0.15) is 0 Å². The third-order valence-corrected chi connectivity index (χ3v) is 7.57. The average molecular weight is 439 g/mol. The molecule has 0 N–H and O–H groups in total. The Morgan fingerprint density at radius 2 is 0.933 bits per heavy atom. The van der Waals surface area contributed by atoms with Crippen LogP contribution in [0.2, 0.25) is 0 Å². The van der Waals surface area contributed by atoms with E-state index < -0.39 is 7.60 Å². The molecule has 0 fully saturated rings. The Morgan fingerprint density at radius 3 is 1.33 bits per heavy atom. The SMILES string of the molecule is CCCCCCCCCCCCOP(=O)(OCCCCCCCC)c1ccccc1. The second-order valence-corrected chi connectivity index (χ2v) is 10.5. The molecule has 1 aromatic rings. The summed E-state index contributed by atoms with van der Waals surface area (Å²) >= 11 is 0. The smallest absolute Gasteiger partial charge is 0.305 e. The molecule has 0 aliphatic rings. The van der Waals surface area contributed by atoms with Gasteiger partial charge in [-0.05, 0) is 25.0 Å². The minimum absolute atomic E-state index is 0.510. The van der Waals surface area contributed by atoms with E-state index in [9.17, 15) is 4.57 Å². The first-order valence-electron chi connectivity index (χ1n) is 12.7. The molecule has 1 aromatic carbocycles. The van der Waals surface area contributed by atoms with Crippen LogP contribution in [0.4, 0.5) is 0 Å². The van der Waals surface area contributed by atoms with Gasteiger partial charge in [0.15, 0.2) is 0 Å². The van der Waals surface area contributed by atoms with E-state index >= 15 is 0 Å². The van der Waals surface area contributed by atoms with E-state index in [1.54, 1.807) is 0 Å². The van der Waals surface area contributed by atoms with Crippen LogP contribution in [0.15, 0.2) is 30.3 Å². The highest BCUT2D eigenvalue weighted by atomic mass is 31.2. The summed E-state index contributed by atoms with van der Waals surface area (Å²) in [5.41, 5.74) is 0. The fourth-order valence-electron chi connectivity index (χ4n) is 3.64. The van der Waals surface area contributed by atoms with Gasteiger partial charge in [-0.2, -0.15) is 0 Å². The summed E-state index contributed by atoms with van der Waals surface area (Å²) in [6.45, 7) is 5.51. The molecule has 1 unspecified atom stereocenters. The Balaban J connectivity index is 2.23. The Hall–Kier alpha value is -0.630. The maximum atomic E-state index is 13.4. The van der Waals surface area contributed by atoms with Gasteiger partial charge < -0.3 is 9.05 Å². The molecule has 0 aromatic heterocycles. The second kappa shape index (κ2) is 19.1. The van der Waals surface area contributed by atoms with E-state index in [-0.39, 0.29) is 0 Å². The minimum Gasteiger partial charge on any atom is -0.305 e. The molecule has 0 aliphatic carbocycles. The fourth-order valence-corrected chi connectivity index (χ4v) is 5.29. The van der Waals surface area contributed by atoms with Crippen molar-refractivity contribution in [1.29, 1.82) is 0 Å². The first-order chi connectivity index (χ1) is 14.7.